The number of benzene rings is 2. The number of anilines is 2. The fraction of sp³-hybridized carbons (Fsp3) is 0.261. The van der Waals surface area contributed by atoms with Gasteiger partial charge in [-0.3, -0.25) is 13.9 Å². The van der Waals surface area contributed by atoms with Gasteiger partial charge in [0, 0.05) is 30.3 Å². The summed E-state index contributed by atoms with van der Waals surface area (Å²) in [7, 11) is 1.68. The van der Waals surface area contributed by atoms with Gasteiger partial charge in [0.05, 0.1) is 6.54 Å². The van der Waals surface area contributed by atoms with Gasteiger partial charge in [-0.15, -0.1) is 0 Å². The minimum atomic E-state index is -0.355. The molecule has 8 heteroatoms. The van der Waals surface area contributed by atoms with E-state index in [1.807, 2.05) is 60.0 Å². The van der Waals surface area contributed by atoms with E-state index in [9.17, 15) is 9.59 Å². The van der Waals surface area contributed by atoms with E-state index in [-0.39, 0.29) is 17.8 Å². The Bertz CT molecular complexity index is 1420. The van der Waals surface area contributed by atoms with Crippen LogP contribution in [0.4, 0.5) is 11.6 Å². The minimum Gasteiger partial charge on any atom is -0.312 e. The van der Waals surface area contributed by atoms with E-state index in [4.69, 9.17) is 4.98 Å². The normalized spacial score (nSPS) is 13.6. The van der Waals surface area contributed by atoms with Crippen molar-refractivity contribution in [2.75, 3.05) is 11.4 Å². The third kappa shape index (κ3) is 3.22. The Morgan fingerprint density at radius 3 is 2.52 bits per heavy atom. The lowest BCUT2D eigenvalue weighted by Crippen LogP contribution is -2.40. The monoisotopic (exact) mass is 479 g/mol. The summed E-state index contributed by atoms with van der Waals surface area (Å²) >= 11 is 3.47. The molecule has 0 saturated carbocycles. The molecule has 2 aromatic carbocycles. The number of fused-ring (bicyclic) bond motifs is 3. The minimum absolute atomic E-state index is 0.241. The first-order valence-electron chi connectivity index (χ1n) is 10.2. The van der Waals surface area contributed by atoms with Crippen LogP contribution in [0.2, 0.25) is 0 Å². The number of hydrogen-bond acceptors (Lipinski definition) is 4. The lowest BCUT2D eigenvalue weighted by atomic mass is 10.1. The van der Waals surface area contributed by atoms with Crippen LogP contribution in [-0.4, -0.2) is 25.2 Å². The number of rotatable bonds is 3. The van der Waals surface area contributed by atoms with Crippen LogP contribution in [0.1, 0.15) is 17.5 Å². The maximum absolute atomic E-state index is 13.5. The SMILES string of the molecule is Cc1ccccc1Cn1c(=O)c2c(nc3n2CCCN3c2ccc(Br)cc2)n(C)c1=O. The molecule has 3 heterocycles. The zero-order valence-corrected chi connectivity index (χ0v) is 19.0. The highest BCUT2D eigenvalue weighted by atomic mass is 79.9. The highest BCUT2D eigenvalue weighted by molar-refractivity contribution is 9.10. The number of nitrogens with zero attached hydrogens (tertiary/aromatic N) is 5. The van der Waals surface area contributed by atoms with Gasteiger partial charge < -0.3 is 9.47 Å². The number of imidazole rings is 1. The molecule has 31 heavy (non-hydrogen) atoms. The average molecular weight is 480 g/mol. The molecule has 0 spiro atoms. The highest BCUT2D eigenvalue weighted by Gasteiger charge is 2.27. The summed E-state index contributed by atoms with van der Waals surface area (Å²) in [6, 6.07) is 15.8. The Morgan fingerprint density at radius 1 is 1.03 bits per heavy atom. The van der Waals surface area contributed by atoms with Crippen molar-refractivity contribution < 1.29 is 0 Å². The van der Waals surface area contributed by atoms with Crippen molar-refractivity contribution in [2.24, 2.45) is 7.05 Å². The van der Waals surface area contributed by atoms with Crippen LogP contribution in [-0.2, 0) is 20.1 Å². The van der Waals surface area contributed by atoms with E-state index in [1.165, 1.54) is 9.13 Å². The smallest absolute Gasteiger partial charge is 0.312 e. The van der Waals surface area contributed by atoms with Crippen LogP contribution in [0.3, 0.4) is 0 Å². The summed E-state index contributed by atoms with van der Waals surface area (Å²) in [6.07, 6.45) is 0.884. The molecule has 0 fully saturated rings. The molecule has 0 N–H and O–H groups in total. The molecule has 5 rings (SSSR count). The van der Waals surface area contributed by atoms with Gasteiger partial charge in [-0.05, 0) is 48.7 Å². The molecule has 158 valence electrons. The zero-order chi connectivity index (χ0) is 21.7. The number of hydrogen-bond donors (Lipinski definition) is 0. The summed E-state index contributed by atoms with van der Waals surface area (Å²) in [5, 5.41) is 0. The zero-order valence-electron chi connectivity index (χ0n) is 17.4. The predicted molar refractivity (Wildman–Crippen MR) is 125 cm³/mol. The van der Waals surface area contributed by atoms with E-state index in [0.717, 1.165) is 34.3 Å². The first kappa shape index (κ1) is 19.8. The Hall–Kier alpha value is -3.13. The molecular formula is C23H22BrN5O2. The van der Waals surface area contributed by atoms with E-state index >= 15 is 0 Å². The molecule has 0 radical (unpaired) electrons. The summed E-state index contributed by atoms with van der Waals surface area (Å²) < 4.78 is 5.76. The molecule has 1 aliphatic rings. The van der Waals surface area contributed by atoms with Crippen LogP contribution in [0, 0.1) is 6.92 Å². The molecule has 0 aliphatic carbocycles. The predicted octanol–water partition coefficient (Wildman–Crippen LogP) is 3.56. The third-order valence-corrected chi connectivity index (χ3v) is 6.47. The quantitative estimate of drug-likeness (QED) is 0.450. The summed E-state index contributed by atoms with van der Waals surface area (Å²) in [5.74, 6) is 0.698. The molecule has 2 aromatic heterocycles. The van der Waals surface area contributed by atoms with Gasteiger partial charge in [0.2, 0.25) is 5.95 Å². The molecule has 0 saturated heterocycles. The van der Waals surface area contributed by atoms with Crippen molar-refractivity contribution in [3.8, 4) is 0 Å². The fourth-order valence-electron chi connectivity index (χ4n) is 4.23. The van der Waals surface area contributed by atoms with Crippen molar-refractivity contribution in [2.45, 2.75) is 26.4 Å². The van der Waals surface area contributed by atoms with Gasteiger partial charge in [-0.1, -0.05) is 40.2 Å². The van der Waals surface area contributed by atoms with Gasteiger partial charge in [0.25, 0.3) is 5.56 Å². The second-order valence-corrected chi connectivity index (χ2v) is 8.79. The van der Waals surface area contributed by atoms with Gasteiger partial charge >= 0.3 is 5.69 Å². The molecule has 4 aromatic rings. The van der Waals surface area contributed by atoms with Crippen molar-refractivity contribution in [1.82, 2.24) is 18.7 Å². The number of halogens is 1. The standard InChI is InChI=1S/C23H22BrN5O2/c1-15-6-3-4-7-16(15)14-29-21(30)19-20(26(2)23(29)31)25-22-27(12-5-13-28(19)22)18-10-8-17(24)9-11-18/h3-4,6-11H,5,12-14H2,1-2H3. The van der Waals surface area contributed by atoms with Crippen LogP contribution >= 0.6 is 15.9 Å². The lowest BCUT2D eigenvalue weighted by Gasteiger charge is -2.29. The highest BCUT2D eigenvalue weighted by Crippen LogP contribution is 2.31. The average Bonchev–Trinajstić information content (AvgIpc) is 3.17. The van der Waals surface area contributed by atoms with Gasteiger partial charge in [-0.2, -0.15) is 4.98 Å². The second-order valence-electron chi connectivity index (χ2n) is 7.88. The number of aromatic nitrogens is 4. The maximum atomic E-state index is 13.5. The molecule has 0 amide bonds. The van der Waals surface area contributed by atoms with Crippen LogP contribution in [0.5, 0.6) is 0 Å². The molecule has 7 nitrogen and oxygen atoms in total. The molecule has 0 bridgehead atoms. The van der Waals surface area contributed by atoms with Crippen molar-refractivity contribution in [3.05, 3.63) is 85.0 Å². The van der Waals surface area contributed by atoms with Crippen molar-refractivity contribution in [1.29, 1.82) is 0 Å². The van der Waals surface area contributed by atoms with E-state index in [2.05, 4.69) is 20.8 Å². The topological polar surface area (TPSA) is 65.1 Å². The first-order chi connectivity index (χ1) is 15.0. The molecule has 1 aliphatic heterocycles. The lowest BCUT2D eigenvalue weighted by molar-refractivity contribution is 0.597. The van der Waals surface area contributed by atoms with Crippen LogP contribution < -0.4 is 16.1 Å². The maximum Gasteiger partial charge on any atom is 0.332 e. The van der Waals surface area contributed by atoms with Gasteiger partial charge in [0.1, 0.15) is 0 Å². The van der Waals surface area contributed by atoms with Crippen LogP contribution in [0.25, 0.3) is 11.2 Å². The summed E-state index contributed by atoms with van der Waals surface area (Å²) in [6.45, 7) is 3.72. The Balaban J connectivity index is 1.71. The van der Waals surface area contributed by atoms with Gasteiger partial charge in [0.15, 0.2) is 11.2 Å². The summed E-state index contributed by atoms with van der Waals surface area (Å²) in [4.78, 5) is 33.4. The van der Waals surface area contributed by atoms with E-state index < -0.39 is 0 Å². The fourth-order valence-corrected chi connectivity index (χ4v) is 4.49. The molecular weight excluding hydrogens is 458 g/mol. The van der Waals surface area contributed by atoms with Crippen LogP contribution in [0.15, 0.2) is 62.6 Å². The summed E-state index contributed by atoms with van der Waals surface area (Å²) in [5.41, 5.74) is 3.26. The number of aryl methyl sites for hydroxylation is 3. The Kier molecular flexibility index (Phi) is 4.81. The Morgan fingerprint density at radius 2 is 1.77 bits per heavy atom. The molecule has 0 atom stereocenters. The largest absolute Gasteiger partial charge is 0.332 e. The molecule has 0 unspecified atom stereocenters. The van der Waals surface area contributed by atoms with Gasteiger partial charge in [-0.25, -0.2) is 4.79 Å². The Labute approximate surface area is 187 Å². The van der Waals surface area contributed by atoms with Crippen molar-refractivity contribution >= 4 is 38.7 Å². The van der Waals surface area contributed by atoms with Crippen molar-refractivity contribution in [3.63, 3.8) is 0 Å². The van der Waals surface area contributed by atoms with E-state index in [0.29, 0.717) is 23.7 Å². The second kappa shape index (κ2) is 7.53. The third-order valence-electron chi connectivity index (χ3n) is 5.95. The first-order valence-corrected chi connectivity index (χ1v) is 11.0. The van der Waals surface area contributed by atoms with E-state index in [1.54, 1.807) is 7.05 Å².